The predicted octanol–water partition coefficient (Wildman–Crippen LogP) is 5.34. The summed E-state index contributed by atoms with van der Waals surface area (Å²) in [6, 6.07) is 4.06. The summed E-state index contributed by atoms with van der Waals surface area (Å²) in [5, 5.41) is 0. The van der Waals surface area contributed by atoms with Crippen molar-refractivity contribution in [3.05, 3.63) is 33.8 Å². The molecule has 1 aromatic carbocycles. The summed E-state index contributed by atoms with van der Waals surface area (Å²) in [7, 11) is 0. The zero-order valence-corrected chi connectivity index (χ0v) is 16.7. The van der Waals surface area contributed by atoms with Crippen LogP contribution in [-0.2, 0) is 17.7 Å². The van der Waals surface area contributed by atoms with Crippen molar-refractivity contribution in [1.82, 2.24) is 0 Å². The Balaban J connectivity index is 2.63. The van der Waals surface area contributed by atoms with Gasteiger partial charge < -0.3 is 14.3 Å². The Hall–Kier alpha value is -0.940. The van der Waals surface area contributed by atoms with E-state index in [4.69, 9.17) is 38.6 Å². The van der Waals surface area contributed by atoms with Gasteiger partial charge in [0, 0.05) is 0 Å². The van der Waals surface area contributed by atoms with Crippen molar-refractivity contribution in [2.75, 3.05) is 19.8 Å². The second-order valence-electron chi connectivity index (χ2n) is 5.72. The van der Waals surface area contributed by atoms with Gasteiger partial charge in [-0.1, -0.05) is 43.5 Å². The van der Waals surface area contributed by atoms with Gasteiger partial charge in [-0.3, -0.25) is 0 Å². The van der Waals surface area contributed by atoms with E-state index in [2.05, 4.69) is 18.7 Å². The minimum Gasteiger partial charge on any atom is -0.493 e. The van der Waals surface area contributed by atoms with Gasteiger partial charge in [-0.15, -0.1) is 0 Å². The van der Waals surface area contributed by atoms with Crippen LogP contribution in [-0.4, -0.2) is 19.8 Å². The molecular formula is C19H29Cl2NO3. The number of rotatable bonds is 13. The Morgan fingerprint density at radius 1 is 0.960 bits per heavy atom. The number of hydrogen-bond acceptors (Lipinski definition) is 4. The Morgan fingerprint density at radius 2 is 1.56 bits per heavy atom. The van der Waals surface area contributed by atoms with E-state index < -0.39 is 0 Å². The summed E-state index contributed by atoms with van der Waals surface area (Å²) in [6.45, 7) is 5.92. The molecule has 4 nitrogen and oxygen atoms in total. The molecule has 0 aromatic heterocycles. The van der Waals surface area contributed by atoms with E-state index in [1.807, 2.05) is 12.1 Å². The highest BCUT2D eigenvalue weighted by Gasteiger charge is 2.11. The van der Waals surface area contributed by atoms with Gasteiger partial charge >= 0.3 is 0 Å². The zero-order chi connectivity index (χ0) is 18.5. The quantitative estimate of drug-likeness (QED) is 0.365. The SMILES string of the molecule is CCc1cc(OCC=C(Cl)Cl)cc(CC)c1OCCCCCCON. The molecule has 0 saturated carbocycles. The van der Waals surface area contributed by atoms with E-state index in [0.29, 0.717) is 19.8 Å². The summed E-state index contributed by atoms with van der Waals surface area (Å²) in [6.07, 6.45) is 7.63. The largest absolute Gasteiger partial charge is 0.493 e. The van der Waals surface area contributed by atoms with Gasteiger partial charge in [0.2, 0.25) is 0 Å². The minimum absolute atomic E-state index is 0.212. The lowest BCUT2D eigenvalue weighted by Gasteiger charge is -2.17. The first kappa shape index (κ1) is 22.1. The van der Waals surface area contributed by atoms with E-state index in [1.165, 1.54) is 0 Å². The molecule has 2 N–H and O–H groups in total. The standard InChI is InChI=1S/C19H29Cl2NO3/c1-3-15-13-17(23-12-9-18(20)21)14-16(4-2)19(15)24-10-7-5-6-8-11-25-22/h9,13-14H,3-8,10-12,22H2,1-2H3. The molecule has 1 aromatic rings. The average Bonchev–Trinajstić information content (AvgIpc) is 2.60. The topological polar surface area (TPSA) is 53.7 Å². The lowest BCUT2D eigenvalue weighted by molar-refractivity contribution is 0.133. The molecule has 0 atom stereocenters. The van der Waals surface area contributed by atoms with Crippen LogP contribution in [0.15, 0.2) is 22.7 Å². The number of hydrogen-bond donors (Lipinski definition) is 1. The lowest BCUT2D eigenvalue weighted by atomic mass is 10.0. The van der Waals surface area contributed by atoms with Crippen LogP contribution in [0.5, 0.6) is 11.5 Å². The van der Waals surface area contributed by atoms with Crippen LogP contribution < -0.4 is 15.4 Å². The number of nitrogens with two attached hydrogens (primary N) is 1. The maximum Gasteiger partial charge on any atom is 0.125 e. The van der Waals surface area contributed by atoms with Crippen LogP contribution in [0.4, 0.5) is 0 Å². The smallest absolute Gasteiger partial charge is 0.125 e. The molecule has 1 rings (SSSR count). The summed E-state index contributed by atoms with van der Waals surface area (Å²) in [5.74, 6) is 6.82. The molecule has 25 heavy (non-hydrogen) atoms. The van der Waals surface area contributed by atoms with E-state index in [1.54, 1.807) is 6.08 Å². The first-order chi connectivity index (χ1) is 12.1. The molecule has 6 heteroatoms. The first-order valence-electron chi connectivity index (χ1n) is 8.86. The van der Waals surface area contributed by atoms with Gasteiger partial charge in [-0.25, -0.2) is 5.90 Å². The molecule has 0 aliphatic rings. The third kappa shape index (κ3) is 8.82. The highest BCUT2D eigenvalue weighted by molar-refractivity contribution is 6.55. The summed E-state index contributed by atoms with van der Waals surface area (Å²) in [5.41, 5.74) is 2.32. The Kier molecular flexibility index (Phi) is 11.7. The van der Waals surface area contributed by atoms with Crippen LogP contribution in [0.2, 0.25) is 0 Å². The molecule has 0 heterocycles. The Morgan fingerprint density at radius 3 is 2.08 bits per heavy atom. The fourth-order valence-corrected chi connectivity index (χ4v) is 2.66. The third-order valence-electron chi connectivity index (χ3n) is 3.87. The zero-order valence-electron chi connectivity index (χ0n) is 15.2. The second-order valence-corrected chi connectivity index (χ2v) is 6.72. The number of aryl methyl sites for hydroxylation is 2. The average molecular weight is 390 g/mol. The van der Waals surface area contributed by atoms with E-state index >= 15 is 0 Å². The molecule has 0 bridgehead atoms. The summed E-state index contributed by atoms with van der Waals surface area (Å²) in [4.78, 5) is 4.57. The molecular weight excluding hydrogens is 361 g/mol. The van der Waals surface area contributed by atoms with Crippen LogP contribution >= 0.6 is 23.2 Å². The first-order valence-corrected chi connectivity index (χ1v) is 9.62. The van der Waals surface area contributed by atoms with Crippen molar-refractivity contribution in [3.8, 4) is 11.5 Å². The van der Waals surface area contributed by atoms with Gasteiger partial charge in [0.05, 0.1) is 13.2 Å². The molecule has 0 fully saturated rings. The van der Waals surface area contributed by atoms with Crippen LogP contribution in [0.1, 0.15) is 50.7 Å². The van der Waals surface area contributed by atoms with Gasteiger partial charge in [-0.05, 0) is 61.4 Å². The van der Waals surface area contributed by atoms with Crippen LogP contribution in [0.3, 0.4) is 0 Å². The maximum absolute atomic E-state index is 6.09. The van der Waals surface area contributed by atoms with E-state index in [-0.39, 0.29) is 4.49 Å². The van der Waals surface area contributed by atoms with Crippen LogP contribution in [0, 0.1) is 0 Å². The van der Waals surface area contributed by atoms with E-state index in [0.717, 1.165) is 61.2 Å². The summed E-state index contributed by atoms with van der Waals surface area (Å²) < 4.78 is 12.0. The second kappa shape index (κ2) is 13.3. The number of benzene rings is 1. The third-order valence-corrected chi connectivity index (χ3v) is 4.18. The Bertz CT molecular complexity index is 506. The molecule has 0 aliphatic carbocycles. The molecule has 0 aliphatic heterocycles. The van der Waals surface area contributed by atoms with Crippen LogP contribution in [0.25, 0.3) is 0 Å². The number of unbranched alkanes of at least 4 members (excludes halogenated alkanes) is 3. The van der Waals surface area contributed by atoms with Crippen molar-refractivity contribution in [2.24, 2.45) is 5.90 Å². The highest BCUT2D eigenvalue weighted by Crippen LogP contribution is 2.31. The predicted molar refractivity (Wildman–Crippen MR) is 105 cm³/mol. The minimum atomic E-state index is 0.212. The highest BCUT2D eigenvalue weighted by atomic mass is 35.5. The molecule has 0 radical (unpaired) electrons. The molecule has 142 valence electrons. The van der Waals surface area contributed by atoms with Crippen molar-refractivity contribution in [2.45, 2.75) is 52.4 Å². The number of ether oxygens (including phenoxy) is 2. The lowest BCUT2D eigenvalue weighted by Crippen LogP contribution is -2.05. The number of halogens is 2. The monoisotopic (exact) mass is 389 g/mol. The molecule has 0 amide bonds. The fraction of sp³-hybridized carbons (Fsp3) is 0.579. The molecule has 0 unspecified atom stereocenters. The van der Waals surface area contributed by atoms with Gasteiger partial charge in [0.25, 0.3) is 0 Å². The fourth-order valence-electron chi connectivity index (χ4n) is 2.53. The van der Waals surface area contributed by atoms with Gasteiger partial charge in [0.15, 0.2) is 0 Å². The van der Waals surface area contributed by atoms with Gasteiger partial charge in [-0.2, -0.15) is 0 Å². The van der Waals surface area contributed by atoms with Crippen molar-refractivity contribution in [3.63, 3.8) is 0 Å². The molecule has 0 spiro atoms. The van der Waals surface area contributed by atoms with Gasteiger partial charge in [0.1, 0.15) is 22.6 Å². The van der Waals surface area contributed by atoms with Crippen molar-refractivity contribution < 1.29 is 14.3 Å². The van der Waals surface area contributed by atoms with Crippen molar-refractivity contribution >= 4 is 23.2 Å². The molecule has 0 saturated heterocycles. The normalized spacial score (nSPS) is 10.6. The summed E-state index contributed by atoms with van der Waals surface area (Å²) >= 11 is 11.2. The van der Waals surface area contributed by atoms with Crippen molar-refractivity contribution in [1.29, 1.82) is 0 Å². The van der Waals surface area contributed by atoms with E-state index in [9.17, 15) is 0 Å². The Labute approximate surface area is 161 Å². The maximum atomic E-state index is 6.09.